The van der Waals surface area contributed by atoms with Gasteiger partial charge in [-0.1, -0.05) is 12.1 Å². The van der Waals surface area contributed by atoms with E-state index in [1.54, 1.807) is 12.1 Å². The van der Waals surface area contributed by atoms with Crippen LogP contribution in [0.3, 0.4) is 0 Å². The third kappa shape index (κ3) is 2.79. The molecule has 0 bridgehead atoms. The van der Waals surface area contributed by atoms with Gasteiger partial charge in [-0.05, 0) is 42.0 Å². The van der Waals surface area contributed by atoms with E-state index in [4.69, 9.17) is 5.26 Å². The van der Waals surface area contributed by atoms with Crippen molar-refractivity contribution in [3.05, 3.63) is 65.9 Å². The topological polar surface area (TPSA) is 74.9 Å². The second-order valence-electron chi connectivity index (χ2n) is 5.80. The molecular formula is C19H13N3O2S. The summed E-state index contributed by atoms with van der Waals surface area (Å²) in [6.07, 6.45) is 2.45. The molecular weight excluding hydrogens is 334 g/mol. The molecule has 0 aliphatic carbocycles. The summed E-state index contributed by atoms with van der Waals surface area (Å²) in [4.78, 5) is 23.2. The highest BCUT2D eigenvalue weighted by Crippen LogP contribution is 2.27. The maximum atomic E-state index is 11.9. The van der Waals surface area contributed by atoms with Gasteiger partial charge < -0.3 is 9.88 Å². The summed E-state index contributed by atoms with van der Waals surface area (Å²) in [6.45, 7) is 0. The first-order valence-corrected chi connectivity index (χ1v) is 8.59. The molecule has 0 spiro atoms. The Morgan fingerprint density at radius 3 is 2.60 bits per heavy atom. The summed E-state index contributed by atoms with van der Waals surface area (Å²) in [7, 11) is 0. The summed E-state index contributed by atoms with van der Waals surface area (Å²) in [5.74, 6) is 0. The number of rotatable bonds is 3. The molecule has 6 heteroatoms. The molecule has 122 valence electrons. The second-order valence-corrected chi connectivity index (χ2v) is 6.78. The molecule has 1 unspecified atom stereocenters. The molecule has 1 aromatic heterocycles. The zero-order valence-corrected chi connectivity index (χ0v) is 13.9. The van der Waals surface area contributed by atoms with E-state index in [-0.39, 0.29) is 10.4 Å². The lowest BCUT2D eigenvalue weighted by molar-refractivity contribution is -0.112. The number of amides is 1. The van der Waals surface area contributed by atoms with Crippen molar-refractivity contribution < 1.29 is 9.59 Å². The molecule has 2 heterocycles. The maximum Gasteiger partial charge on any atom is 0.287 e. The van der Waals surface area contributed by atoms with E-state index < -0.39 is 6.04 Å². The fourth-order valence-electron chi connectivity index (χ4n) is 3.08. The number of nitrogens with one attached hydrogen (secondary N) is 1. The van der Waals surface area contributed by atoms with Gasteiger partial charge in [-0.2, -0.15) is 5.26 Å². The highest BCUT2D eigenvalue weighted by Gasteiger charge is 2.31. The van der Waals surface area contributed by atoms with Crippen LogP contribution in [0.4, 0.5) is 4.79 Å². The molecule has 5 nitrogen and oxygen atoms in total. The zero-order chi connectivity index (χ0) is 17.4. The first-order valence-electron chi connectivity index (χ1n) is 7.77. The van der Waals surface area contributed by atoms with Crippen LogP contribution in [0.25, 0.3) is 16.6 Å². The number of aromatic nitrogens is 1. The largest absolute Gasteiger partial charge is 0.335 e. The Hall–Kier alpha value is -3.04. The lowest BCUT2D eigenvalue weighted by atomic mass is 10.0. The number of carbonyl (C=O) groups is 2. The molecule has 1 N–H and O–H groups in total. The van der Waals surface area contributed by atoms with Crippen LogP contribution in [-0.4, -0.2) is 21.0 Å². The van der Waals surface area contributed by atoms with E-state index >= 15 is 0 Å². The molecule has 1 saturated heterocycles. The molecule has 1 fully saturated rings. The van der Waals surface area contributed by atoms with Crippen LogP contribution in [0.15, 0.2) is 54.7 Å². The second kappa shape index (κ2) is 6.11. The fraction of sp³-hybridized carbons (Fsp3) is 0.105. The number of fused-ring (bicyclic) bond motifs is 1. The van der Waals surface area contributed by atoms with Gasteiger partial charge in [0.1, 0.15) is 6.04 Å². The van der Waals surface area contributed by atoms with Crippen LogP contribution in [0.5, 0.6) is 0 Å². The average Bonchev–Trinajstić information content (AvgIpc) is 3.19. The molecule has 0 radical (unpaired) electrons. The van der Waals surface area contributed by atoms with Gasteiger partial charge in [0, 0.05) is 35.5 Å². The van der Waals surface area contributed by atoms with Crippen molar-refractivity contribution in [3.63, 3.8) is 0 Å². The van der Waals surface area contributed by atoms with Gasteiger partial charge in [0.15, 0.2) is 0 Å². The number of hydrogen-bond acceptors (Lipinski definition) is 4. The number of carbonyl (C=O) groups excluding carboxylic acids is 2. The van der Waals surface area contributed by atoms with Crippen LogP contribution in [0.2, 0.25) is 0 Å². The lowest BCUT2D eigenvalue weighted by Crippen LogP contribution is -2.30. The van der Waals surface area contributed by atoms with Gasteiger partial charge in [0.25, 0.3) is 5.24 Å². The molecule has 1 aliphatic heterocycles. The number of nitriles is 1. The molecule has 4 rings (SSSR count). The Kier molecular flexibility index (Phi) is 3.79. The molecule has 1 atom stereocenters. The smallest absolute Gasteiger partial charge is 0.287 e. The van der Waals surface area contributed by atoms with Crippen molar-refractivity contribution in [1.82, 2.24) is 9.88 Å². The predicted octanol–water partition coefficient (Wildman–Crippen LogP) is 3.40. The predicted molar refractivity (Wildman–Crippen MR) is 96.6 cm³/mol. The quantitative estimate of drug-likeness (QED) is 0.788. The van der Waals surface area contributed by atoms with Gasteiger partial charge in [-0.15, -0.1) is 0 Å². The summed E-state index contributed by atoms with van der Waals surface area (Å²) >= 11 is 0.738. The Labute approximate surface area is 148 Å². The maximum absolute atomic E-state index is 11.9. The van der Waals surface area contributed by atoms with Crippen molar-refractivity contribution in [3.8, 4) is 11.8 Å². The van der Waals surface area contributed by atoms with Crippen LogP contribution in [-0.2, 0) is 11.2 Å². The van der Waals surface area contributed by atoms with Crippen molar-refractivity contribution in [1.29, 1.82) is 5.26 Å². The minimum absolute atomic E-state index is 0.131. The summed E-state index contributed by atoms with van der Waals surface area (Å²) in [5.41, 5.74) is 3.62. The van der Waals surface area contributed by atoms with E-state index in [1.807, 2.05) is 47.2 Å². The van der Waals surface area contributed by atoms with Crippen LogP contribution in [0, 0.1) is 11.3 Å². The third-order valence-electron chi connectivity index (χ3n) is 4.29. The number of nitrogens with zero attached hydrogens (tertiary/aromatic N) is 2. The number of thioether (sulfide) groups is 1. The molecule has 1 aliphatic rings. The van der Waals surface area contributed by atoms with Gasteiger partial charge >= 0.3 is 0 Å². The van der Waals surface area contributed by atoms with Crippen molar-refractivity contribution >= 4 is 33.0 Å². The van der Waals surface area contributed by atoms with Crippen molar-refractivity contribution in [2.24, 2.45) is 0 Å². The fourth-order valence-corrected chi connectivity index (χ4v) is 3.75. The highest BCUT2D eigenvalue weighted by atomic mass is 32.2. The Balaban J connectivity index is 1.71. The monoisotopic (exact) mass is 347 g/mol. The molecule has 3 aromatic rings. The minimum atomic E-state index is -0.471. The van der Waals surface area contributed by atoms with E-state index in [2.05, 4.69) is 11.4 Å². The normalized spacial score (nSPS) is 16.8. The van der Waals surface area contributed by atoms with Crippen molar-refractivity contribution in [2.75, 3.05) is 0 Å². The van der Waals surface area contributed by atoms with E-state index in [9.17, 15) is 9.59 Å². The van der Waals surface area contributed by atoms with Gasteiger partial charge in [0.2, 0.25) is 5.12 Å². The number of benzene rings is 2. The molecule has 25 heavy (non-hydrogen) atoms. The van der Waals surface area contributed by atoms with Crippen LogP contribution >= 0.6 is 11.8 Å². The standard InChI is InChI=1S/C19H13N3O2S/c20-11-12-4-6-14(7-5-12)22-9-8-15-13(2-1-3-17(15)22)10-16-18(23)25-19(24)21-16/h1-9,16H,10H2,(H,21,24). The third-order valence-corrected chi connectivity index (χ3v) is 5.08. The number of hydrogen-bond donors (Lipinski definition) is 1. The summed E-state index contributed by atoms with van der Waals surface area (Å²) in [6, 6.07) is 17.0. The Bertz CT molecular complexity index is 1030. The van der Waals surface area contributed by atoms with E-state index in [0.717, 1.165) is 33.9 Å². The van der Waals surface area contributed by atoms with Gasteiger partial charge in [-0.25, -0.2) is 0 Å². The van der Waals surface area contributed by atoms with Crippen LogP contribution in [0.1, 0.15) is 11.1 Å². The summed E-state index contributed by atoms with van der Waals surface area (Å²) in [5, 5.41) is 12.3. The lowest BCUT2D eigenvalue weighted by Gasteiger charge is -2.10. The van der Waals surface area contributed by atoms with Crippen LogP contribution < -0.4 is 5.32 Å². The molecule has 2 aromatic carbocycles. The molecule has 1 amide bonds. The SMILES string of the molecule is N#Cc1ccc(-n2ccc3c(CC4NC(=O)SC4=O)cccc32)cc1. The minimum Gasteiger partial charge on any atom is -0.335 e. The Morgan fingerprint density at radius 2 is 1.92 bits per heavy atom. The van der Waals surface area contributed by atoms with Gasteiger partial charge in [-0.3, -0.25) is 9.59 Å². The summed E-state index contributed by atoms with van der Waals surface area (Å²) < 4.78 is 2.05. The van der Waals surface area contributed by atoms with Crippen molar-refractivity contribution in [2.45, 2.75) is 12.5 Å². The zero-order valence-electron chi connectivity index (χ0n) is 13.1. The molecule has 0 saturated carbocycles. The van der Waals surface area contributed by atoms with E-state index in [1.165, 1.54) is 0 Å². The average molecular weight is 347 g/mol. The first kappa shape index (κ1) is 15.5. The van der Waals surface area contributed by atoms with E-state index in [0.29, 0.717) is 12.0 Å². The van der Waals surface area contributed by atoms with Gasteiger partial charge in [0.05, 0.1) is 17.1 Å². The highest BCUT2D eigenvalue weighted by molar-refractivity contribution is 8.26. The first-order chi connectivity index (χ1) is 12.2. The Morgan fingerprint density at radius 1 is 1.12 bits per heavy atom.